The zero-order valence-corrected chi connectivity index (χ0v) is 13.0. The summed E-state index contributed by atoms with van der Waals surface area (Å²) in [6.45, 7) is 2.24. The van der Waals surface area contributed by atoms with E-state index in [0.29, 0.717) is 5.92 Å². The summed E-state index contributed by atoms with van der Waals surface area (Å²) in [5, 5.41) is 0. The van der Waals surface area contributed by atoms with Crippen LogP contribution >= 0.6 is 0 Å². The van der Waals surface area contributed by atoms with Crippen molar-refractivity contribution in [3.05, 3.63) is 60.2 Å². The van der Waals surface area contributed by atoms with Crippen LogP contribution in [-0.2, 0) is 10.2 Å². The van der Waals surface area contributed by atoms with Crippen LogP contribution < -0.4 is 4.90 Å². The summed E-state index contributed by atoms with van der Waals surface area (Å²) >= 11 is 0. The van der Waals surface area contributed by atoms with E-state index in [0.717, 1.165) is 24.2 Å². The molecule has 2 aliphatic rings. The Hall–Kier alpha value is -2.09. The number of fused-ring (bicyclic) bond motifs is 2. The zero-order chi connectivity index (χ0) is 15.2. The first-order chi connectivity index (χ1) is 10.8. The maximum Gasteiger partial charge on any atom is 0.242 e. The van der Waals surface area contributed by atoms with Gasteiger partial charge in [-0.25, -0.2) is 0 Å². The first kappa shape index (κ1) is 13.6. The van der Waals surface area contributed by atoms with Crippen LogP contribution in [0.15, 0.2) is 54.6 Å². The lowest BCUT2D eigenvalue weighted by atomic mass is 9.79. The number of carbonyl (C=O) groups is 1. The lowest BCUT2D eigenvalue weighted by Gasteiger charge is -2.24. The van der Waals surface area contributed by atoms with Crippen LogP contribution in [0.1, 0.15) is 38.2 Å². The molecule has 2 aromatic carbocycles. The fourth-order valence-electron chi connectivity index (χ4n) is 4.28. The van der Waals surface area contributed by atoms with Crippen molar-refractivity contribution < 1.29 is 4.79 Å². The number of rotatable bonds is 2. The van der Waals surface area contributed by atoms with E-state index in [2.05, 4.69) is 25.1 Å². The number of hydrogen-bond donors (Lipinski definition) is 0. The molecule has 0 radical (unpaired) electrons. The lowest BCUT2D eigenvalue weighted by molar-refractivity contribution is -0.122. The van der Waals surface area contributed by atoms with Gasteiger partial charge in [-0.3, -0.25) is 9.69 Å². The molecule has 22 heavy (non-hydrogen) atoms. The van der Waals surface area contributed by atoms with Crippen molar-refractivity contribution in [2.45, 2.75) is 38.0 Å². The number of para-hydroxylation sites is 2. The van der Waals surface area contributed by atoms with Gasteiger partial charge in [-0.1, -0.05) is 49.7 Å². The van der Waals surface area contributed by atoms with Gasteiger partial charge in [0.1, 0.15) is 0 Å². The van der Waals surface area contributed by atoms with Crippen LogP contribution in [0.2, 0.25) is 0 Å². The molecule has 112 valence electrons. The number of benzene rings is 2. The Balaban J connectivity index is 1.86. The molecule has 0 unspecified atom stereocenters. The van der Waals surface area contributed by atoms with Crippen molar-refractivity contribution >= 4 is 17.3 Å². The molecule has 1 saturated carbocycles. The van der Waals surface area contributed by atoms with Gasteiger partial charge in [-0.2, -0.15) is 0 Å². The van der Waals surface area contributed by atoms with E-state index in [4.69, 9.17) is 0 Å². The van der Waals surface area contributed by atoms with Gasteiger partial charge >= 0.3 is 0 Å². The van der Waals surface area contributed by atoms with E-state index < -0.39 is 0 Å². The van der Waals surface area contributed by atoms with E-state index in [1.807, 2.05) is 41.3 Å². The predicted octanol–water partition coefficient (Wildman–Crippen LogP) is 4.81. The van der Waals surface area contributed by atoms with Crippen molar-refractivity contribution in [3.8, 4) is 0 Å². The van der Waals surface area contributed by atoms with E-state index in [1.54, 1.807) is 0 Å². The van der Waals surface area contributed by atoms with Gasteiger partial charge in [-0.15, -0.1) is 0 Å². The van der Waals surface area contributed by atoms with Gasteiger partial charge in [-0.05, 0) is 48.9 Å². The standard InChI is InChI=1S/C20H21NO/c1-2-15-12-13-20(14-15)17-10-6-7-11-18(17)21(19(20)22)16-8-4-3-5-9-16/h3-11,15H,2,12-14H2,1H3/t15-,20-/m1/s1. The minimum atomic E-state index is -0.285. The van der Waals surface area contributed by atoms with Crippen LogP contribution in [0.3, 0.4) is 0 Å². The second kappa shape index (κ2) is 4.98. The van der Waals surface area contributed by atoms with Gasteiger partial charge in [0, 0.05) is 5.69 Å². The fraction of sp³-hybridized carbons (Fsp3) is 0.350. The number of hydrogen-bond acceptors (Lipinski definition) is 1. The fourth-order valence-corrected chi connectivity index (χ4v) is 4.28. The summed E-state index contributed by atoms with van der Waals surface area (Å²) in [6.07, 6.45) is 4.33. The van der Waals surface area contributed by atoms with Gasteiger partial charge in [0.25, 0.3) is 0 Å². The zero-order valence-electron chi connectivity index (χ0n) is 13.0. The molecule has 2 nitrogen and oxygen atoms in total. The van der Waals surface area contributed by atoms with E-state index >= 15 is 0 Å². The smallest absolute Gasteiger partial charge is 0.242 e. The highest BCUT2D eigenvalue weighted by Crippen LogP contribution is 2.55. The predicted molar refractivity (Wildman–Crippen MR) is 89.3 cm³/mol. The highest BCUT2D eigenvalue weighted by Gasteiger charge is 2.54. The molecule has 1 heterocycles. The number of amides is 1. The van der Waals surface area contributed by atoms with Crippen LogP contribution in [0.25, 0.3) is 0 Å². The van der Waals surface area contributed by atoms with Gasteiger partial charge in [0.05, 0.1) is 11.1 Å². The SMILES string of the molecule is CC[C@@H]1CC[C@]2(C1)C(=O)N(c1ccccc1)c1ccccc12. The van der Waals surface area contributed by atoms with Crippen LogP contribution in [-0.4, -0.2) is 5.91 Å². The molecule has 1 aliphatic carbocycles. The van der Waals surface area contributed by atoms with Crippen molar-refractivity contribution in [3.63, 3.8) is 0 Å². The van der Waals surface area contributed by atoms with E-state index in [1.165, 1.54) is 18.4 Å². The second-order valence-electron chi connectivity index (χ2n) is 6.59. The van der Waals surface area contributed by atoms with Crippen molar-refractivity contribution in [2.24, 2.45) is 5.92 Å². The summed E-state index contributed by atoms with van der Waals surface area (Å²) in [5.41, 5.74) is 3.01. The summed E-state index contributed by atoms with van der Waals surface area (Å²) in [5.74, 6) is 0.948. The van der Waals surface area contributed by atoms with Crippen LogP contribution in [0.4, 0.5) is 11.4 Å². The molecule has 0 bridgehead atoms. The lowest BCUT2D eigenvalue weighted by Crippen LogP contribution is -2.36. The monoisotopic (exact) mass is 291 g/mol. The Morgan fingerprint density at radius 1 is 1.09 bits per heavy atom. The first-order valence-electron chi connectivity index (χ1n) is 8.25. The average Bonchev–Trinajstić information content (AvgIpc) is 3.11. The summed E-state index contributed by atoms with van der Waals surface area (Å²) in [6, 6.07) is 18.4. The maximum atomic E-state index is 13.4. The molecule has 1 spiro atoms. The van der Waals surface area contributed by atoms with Gasteiger partial charge < -0.3 is 0 Å². The third-order valence-electron chi connectivity index (χ3n) is 5.48. The normalized spacial score (nSPS) is 26.7. The Labute approximate surface area is 131 Å². The van der Waals surface area contributed by atoms with Crippen molar-refractivity contribution in [2.75, 3.05) is 4.90 Å². The Bertz CT molecular complexity index is 709. The Morgan fingerprint density at radius 3 is 2.55 bits per heavy atom. The highest BCUT2D eigenvalue weighted by molar-refractivity contribution is 6.13. The molecule has 1 amide bonds. The minimum Gasteiger partial charge on any atom is -0.280 e. The van der Waals surface area contributed by atoms with Crippen LogP contribution in [0.5, 0.6) is 0 Å². The molecular weight excluding hydrogens is 270 g/mol. The average molecular weight is 291 g/mol. The van der Waals surface area contributed by atoms with Crippen LogP contribution in [0, 0.1) is 5.92 Å². The first-order valence-corrected chi connectivity index (χ1v) is 8.25. The topological polar surface area (TPSA) is 20.3 Å². The minimum absolute atomic E-state index is 0.274. The molecule has 0 N–H and O–H groups in total. The van der Waals surface area contributed by atoms with Gasteiger partial charge in [0.15, 0.2) is 0 Å². The molecule has 0 saturated heterocycles. The molecule has 1 fully saturated rings. The molecule has 2 heteroatoms. The van der Waals surface area contributed by atoms with Gasteiger partial charge in [0.2, 0.25) is 5.91 Å². The van der Waals surface area contributed by atoms with E-state index in [-0.39, 0.29) is 11.3 Å². The summed E-state index contributed by atoms with van der Waals surface area (Å²) in [4.78, 5) is 15.3. The maximum absolute atomic E-state index is 13.4. The number of carbonyl (C=O) groups excluding carboxylic acids is 1. The number of nitrogens with zero attached hydrogens (tertiary/aromatic N) is 1. The summed E-state index contributed by atoms with van der Waals surface area (Å²) < 4.78 is 0. The third-order valence-corrected chi connectivity index (χ3v) is 5.48. The van der Waals surface area contributed by atoms with E-state index in [9.17, 15) is 4.79 Å². The van der Waals surface area contributed by atoms with Crippen molar-refractivity contribution in [1.82, 2.24) is 0 Å². The molecule has 2 atom stereocenters. The molecule has 1 aliphatic heterocycles. The molecule has 0 aromatic heterocycles. The molecule has 2 aromatic rings. The third kappa shape index (κ3) is 1.76. The largest absolute Gasteiger partial charge is 0.280 e. The summed E-state index contributed by atoms with van der Waals surface area (Å²) in [7, 11) is 0. The van der Waals surface area contributed by atoms with Crippen molar-refractivity contribution in [1.29, 1.82) is 0 Å². The Morgan fingerprint density at radius 2 is 1.82 bits per heavy atom. The molecular formula is C20H21NO. The quantitative estimate of drug-likeness (QED) is 0.777. The number of anilines is 2. The second-order valence-corrected chi connectivity index (χ2v) is 6.59. The highest BCUT2D eigenvalue weighted by atomic mass is 16.2. The molecule has 4 rings (SSSR count). The Kier molecular flexibility index (Phi) is 3.07.